The molecule has 2 rings (SSSR count). The number of halogens is 1. The highest BCUT2D eigenvalue weighted by molar-refractivity contribution is 9.10. The molecule has 5 heteroatoms. The van der Waals surface area contributed by atoms with E-state index in [9.17, 15) is 0 Å². The Hall–Kier alpha value is -1.36. The zero-order valence-corrected chi connectivity index (χ0v) is 8.27. The number of rotatable bonds is 1. The van der Waals surface area contributed by atoms with E-state index < -0.39 is 0 Å². The van der Waals surface area contributed by atoms with Gasteiger partial charge >= 0.3 is 0 Å². The van der Waals surface area contributed by atoms with Gasteiger partial charge in [0.2, 0.25) is 5.95 Å². The number of nitrogens with two attached hydrogens (primary N) is 1. The maximum Gasteiger partial charge on any atom is 0.223 e. The van der Waals surface area contributed by atoms with E-state index >= 15 is 0 Å². The molecule has 4 nitrogen and oxygen atoms in total. The van der Waals surface area contributed by atoms with Crippen molar-refractivity contribution in [3.63, 3.8) is 0 Å². The van der Waals surface area contributed by atoms with Gasteiger partial charge in [-0.05, 0) is 18.2 Å². The van der Waals surface area contributed by atoms with Crippen LogP contribution < -0.4 is 5.73 Å². The van der Waals surface area contributed by atoms with E-state index in [0.29, 0.717) is 5.95 Å². The third-order valence-corrected chi connectivity index (χ3v) is 2.12. The minimum Gasteiger partial charge on any atom is -0.368 e. The van der Waals surface area contributed by atoms with Gasteiger partial charge in [0.25, 0.3) is 0 Å². The van der Waals surface area contributed by atoms with Gasteiger partial charge in [-0.1, -0.05) is 22.0 Å². The Morgan fingerprint density at radius 2 is 2.23 bits per heavy atom. The molecule has 1 heterocycles. The van der Waals surface area contributed by atoms with Crippen LogP contribution in [0.4, 0.5) is 5.95 Å². The summed E-state index contributed by atoms with van der Waals surface area (Å²) in [6.07, 6.45) is 1.43. The van der Waals surface area contributed by atoms with E-state index in [1.54, 1.807) is 4.68 Å². The van der Waals surface area contributed by atoms with Crippen LogP contribution in [0, 0.1) is 0 Å². The molecule has 0 atom stereocenters. The standard InChI is InChI=1S/C8H7BrN4/c9-6-2-1-3-7(4-6)13-8(10)11-5-12-13/h1-5H,(H2,10,11,12). The van der Waals surface area contributed by atoms with Crippen molar-refractivity contribution in [3.8, 4) is 5.69 Å². The Labute approximate surface area is 83.5 Å². The van der Waals surface area contributed by atoms with Gasteiger partial charge in [0.05, 0.1) is 5.69 Å². The molecule has 13 heavy (non-hydrogen) atoms. The molecule has 0 aliphatic heterocycles. The molecule has 2 aromatic rings. The second kappa shape index (κ2) is 3.18. The fourth-order valence-electron chi connectivity index (χ4n) is 1.06. The van der Waals surface area contributed by atoms with Crippen molar-refractivity contribution in [2.45, 2.75) is 0 Å². The van der Waals surface area contributed by atoms with Crippen molar-refractivity contribution >= 4 is 21.9 Å². The van der Waals surface area contributed by atoms with Crippen LogP contribution in [0.1, 0.15) is 0 Å². The molecule has 0 radical (unpaired) electrons. The fourth-order valence-corrected chi connectivity index (χ4v) is 1.44. The molecule has 0 aliphatic rings. The second-order valence-electron chi connectivity index (χ2n) is 2.51. The molecular weight excluding hydrogens is 232 g/mol. The average molecular weight is 239 g/mol. The highest BCUT2D eigenvalue weighted by Crippen LogP contribution is 2.15. The summed E-state index contributed by atoms with van der Waals surface area (Å²) < 4.78 is 2.56. The lowest BCUT2D eigenvalue weighted by Gasteiger charge is -2.01. The van der Waals surface area contributed by atoms with E-state index in [0.717, 1.165) is 10.2 Å². The number of aromatic nitrogens is 3. The van der Waals surface area contributed by atoms with Crippen molar-refractivity contribution in [1.29, 1.82) is 0 Å². The van der Waals surface area contributed by atoms with Crippen LogP contribution >= 0.6 is 15.9 Å². The lowest BCUT2D eigenvalue weighted by atomic mass is 10.3. The number of nitrogens with zero attached hydrogens (tertiary/aromatic N) is 3. The number of nitrogen functional groups attached to an aromatic ring is 1. The third-order valence-electron chi connectivity index (χ3n) is 1.63. The minimum atomic E-state index is 0.387. The van der Waals surface area contributed by atoms with Gasteiger partial charge in [-0.15, -0.1) is 0 Å². The molecule has 1 aromatic carbocycles. The number of hydrogen-bond acceptors (Lipinski definition) is 3. The van der Waals surface area contributed by atoms with Gasteiger partial charge in [-0.3, -0.25) is 0 Å². The van der Waals surface area contributed by atoms with Gasteiger partial charge in [0, 0.05) is 4.47 Å². The van der Waals surface area contributed by atoms with E-state index in [1.807, 2.05) is 24.3 Å². The van der Waals surface area contributed by atoms with Gasteiger partial charge in [0.1, 0.15) is 6.33 Å². The predicted octanol–water partition coefficient (Wildman–Crippen LogP) is 1.61. The molecule has 66 valence electrons. The van der Waals surface area contributed by atoms with Gasteiger partial charge in [-0.2, -0.15) is 14.8 Å². The van der Waals surface area contributed by atoms with Crippen molar-refractivity contribution in [2.75, 3.05) is 5.73 Å². The number of benzene rings is 1. The average Bonchev–Trinajstić information content (AvgIpc) is 2.51. The highest BCUT2D eigenvalue weighted by Gasteiger charge is 2.01. The van der Waals surface area contributed by atoms with Crippen LogP contribution in [-0.2, 0) is 0 Å². The monoisotopic (exact) mass is 238 g/mol. The summed E-state index contributed by atoms with van der Waals surface area (Å²) in [6.45, 7) is 0. The summed E-state index contributed by atoms with van der Waals surface area (Å²) in [4.78, 5) is 3.84. The van der Waals surface area contributed by atoms with Gasteiger partial charge in [-0.25, -0.2) is 0 Å². The van der Waals surface area contributed by atoms with Crippen LogP contribution in [-0.4, -0.2) is 14.8 Å². The zero-order chi connectivity index (χ0) is 9.26. The van der Waals surface area contributed by atoms with Crippen molar-refractivity contribution in [1.82, 2.24) is 14.8 Å². The van der Waals surface area contributed by atoms with E-state index in [1.165, 1.54) is 6.33 Å². The molecule has 0 unspecified atom stereocenters. The van der Waals surface area contributed by atoms with E-state index in [2.05, 4.69) is 26.0 Å². The van der Waals surface area contributed by atoms with Crippen LogP contribution in [0.15, 0.2) is 35.1 Å². The molecule has 0 aliphatic carbocycles. The lowest BCUT2D eigenvalue weighted by molar-refractivity contribution is 0.890. The molecule has 0 bridgehead atoms. The Morgan fingerprint density at radius 3 is 2.85 bits per heavy atom. The van der Waals surface area contributed by atoms with Crippen LogP contribution in [0.2, 0.25) is 0 Å². The van der Waals surface area contributed by atoms with Crippen molar-refractivity contribution in [2.24, 2.45) is 0 Å². The summed E-state index contributed by atoms with van der Waals surface area (Å²) in [5.74, 6) is 0.387. The number of anilines is 1. The molecule has 2 N–H and O–H groups in total. The molecule has 0 spiro atoms. The third kappa shape index (κ3) is 1.55. The molecule has 0 saturated heterocycles. The van der Waals surface area contributed by atoms with Crippen molar-refractivity contribution < 1.29 is 0 Å². The van der Waals surface area contributed by atoms with E-state index in [4.69, 9.17) is 5.73 Å². The molecular formula is C8H7BrN4. The maximum atomic E-state index is 5.60. The molecule has 0 saturated carbocycles. The van der Waals surface area contributed by atoms with Crippen molar-refractivity contribution in [3.05, 3.63) is 35.1 Å². The minimum absolute atomic E-state index is 0.387. The normalized spacial score (nSPS) is 10.2. The van der Waals surface area contributed by atoms with Crippen LogP contribution in [0.3, 0.4) is 0 Å². The first kappa shape index (κ1) is 8.25. The summed E-state index contributed by atoms with van der Waals surface area (Å²) in [5.41, 5.74) is 6.49. The fraction of sp³-hybridized carbons (Fsp3) is 0. The quantitative estimate of drug-likeness (QED) is 0.822. The second-order valence-corrected chi connectivity index (χ2v) is 3.43. The SMILES string of the molecule is Nc1ncnn1-c1cccc(Br)c1. The summed E-state index contributed by atoms with van der Waals surface area (Å²) in [5, 5.41) is 3.99. The Balaban J connectivity index is 2.53. The van der Waals surface area contributed by atoms with Gasteiger partial charge < -0.3 is 5.73 Å². The Kier molecular flexibility index (Phi) is 2.02. The summed E-state index contributed by atoms with van der Waals surface area (Å²) >= 11 is 3.37. The first-order valence-electron chi connectivity index (χ1n) is 3.69. The van der Waals surface area contributed by atoms with Gasteiger partial charge in [0.15, 0.2) is 0 Å². The smallest absolute Gasteiger partial charge is 0.223 e. The largest absolute Gasteiger partial charge is 0.368 e. The first-order valence-corrected chi connectivity index (χ1v) is 4.48. The van der Waals surface area contributed by atoms with Crippen LogP contribution in [0.25, 0.3) is 5.69 Å². The zero-order valence-electron chi connectivity index (χ0n) is 6.68. The first-order chi connectivity index (χ1) is 6.27. The summed E-state index contributed by atoms with van der Waals surface area (Å²) in [7, 11) is 0. The molecule has 1 aromatic heterocycles. The predicted molar refractivity (Wildman–Crippen MR) is 53.5 cm³/mol. The highest BCUT2D eigenvalue weighted by atomic mass is 79.9. The Morgan fingerprint density at radius 1 is 1.38 bits per heavy atom. The van der Waals surface area contributed by atoms with Crippen LogP contribution in [0.5, 0.6) is 0 Å². The Bertz CT molecular complexity index is 424. The number of hydrogen-bond donors (Lipinski definition) is 1. The molecule has 0 amide bonds. The maximum absolute atomic E-state index is 5.60. The summed E-state index contributed by atoms with van der Waals surface area (Å²) in [6, 6.07) is 7.69. The topological polar surface area (TPSA) is 56.7 Å². The molecule has 0 fully saturated rings. The van der Waals surface area contributed by atoms with E-state index in [-0.39, 0.29) is 0 Å². The lowest BCUT2D eigenvalue weighted by Crippen LogP contribution is -2.01.